The third-order valence-electron chi connectivity index (χ3n) is 2.58. The molecule has 16 heavy (non-hydrogen) atoms. The summed E-state index contributed by atoms with van der Waals surface area (Å²) < 4.78 is 37.2. The maximum Gasteiger partial charge on any atom is 0.405 e. The summed E-state index contributed by atoms with van der Waals surface area (Å²) in [7, 11) is 0. The molecule has 1 amide bonds. The number of hydrogen-bond acceptors (Lipinski definition) is 3. The lowest BCUT2D eigenvalue weighted by Crippen LogP contribution is -2.59. The molecular formula is C9H15F3N2O2. The summed E-state index contributed by atoms with van der Waals surface area (Å²) in [5.41, 5.74) is 0. The van der Waals surface area contributed by atoms with Crippen molar-refractivity contribution in [2.75, 3.05) is 26.2 Å². The lowest BCUT2D eigenvalue weighted by atomic mass is 10.1. The molecule has 1 rings (SSSR count). The number of aliphatic hydroxyl groups is 1. The summed E-state index contributed by atoms with van der Waals surface area (Å²) in [5, 5.41) is 11.1. The lowest BCUT2D eigenvalue weighted by molar-refractivity contribution is -0.169. The van der Waals surface area contributed by atoms with E-state index in [2.05, 4.69) is 5.32 Å². The van der Waals surface area contributed by atoms with Gasteiger partial charge in [-0.05, 0) is 0 Å². The molecule has 0 saturated carbocycles. The smallest absolute Gasteiger partial charge is 0.396 e. The standard InChI is InChI=1S/C9H15F3N2O2/c1-6(5-15)8(16)14-3-2-13-7(4-14)9(10,11)12/h6-7,13,15H,2-5H2,1H3. The van der Waals surface area contributed by atoms with E-state index in [1.807, 2.05) is 0 Å². The number of hydrogen-bond donors (Lipinski definition) is 2. The number of alkyl halides is 3. The summed E-state index contributed by atoms with van der Waals surface area (Å²) in [6.07, 6.45) is -4.35. The van der Waals surface area contributed by atoms with E-state index in [1.165, 1.54) is 6.92 Å². The summed E-state index contributed by atoms with van der Waals surface area (Å²) in [5.74, 6) is -1.08. The number of carbonyl (C=O) groups excluding carboxylic acids is 1. The van der Waals surface area contributed by atoms with Crippen LogP contribution >= 0.6 is 0 Å². The summed E-state index contributed by atoms with van der Waals surface area (Å²) >= 11 is 0. The van der Waals surface area contributed by atoms with Gasteiger partial charge in [-0.2, -0.15) is 13.2 Å². The predicted octanol–water partition coefficient (Wildman–Crippen LogP) is -0.0225. The minimum absolute atomic E-state index is 0.119. The minimum Gasteiger partial charge on any atom is -0.396 e. The molecular weight excluding hydrogens is 225 g/mol. The number of aliphatic hydroxyl groups excluding tert-OH is 1. The zero-order valence-corrected chi connectivity index (χ0v) is 8.92. The monoisotopic (exact) mass is 240 g/mol. The van der Waals surface area contributed by atoms with E-state index >= 15 is 0 Å². The Hall–Kier alpha value is -0.820. The number of nitrogens with one attached hydrogen (secondary N) is 1. The largest absolute Gasteiger partial charge is 0.405 e. The molecule has 0 spiro atoms. The van der Waals surface area contributed by atoms with Crippen LogP contribution in [0.1, 0.15) is 6.92 Å². The first-order chi connectivity index (χ1) is 7.36. The first-order valence-corrected chi connectivity index (χ1v) is 5.06. The maximum absolute atomic E-state index is 12.4. The normalized spacial score (nSPS) is 24.3. The van der Waals surface area contributed by atoms with Gasteiger partial charge in [0, 0.05) is 19.6 Å². The third kappa shape index (κ3) is 3.08. The third-order valence-corrected chi connectivity index (χ3v) is 2.58. The molecule has 1 saturated heterocycles. The Labute approximate surface area is 91.4 Å². The molecule has 1 aliphatic rings. The van der Waals surface area contributed by atoms with Crippen LogP contribution in [-0.4, -0.2) is 54.4 Å². The van der Waals surface area contributed by atoms with Gasteiger partial charge >= 0.3 is 6.18 Å². The van der Waals surface area contributed by atoms with Crippen molar-refractivity contribution in [3.05, 3.63) is 0 Å². The van der Waals surface area contributed by atoms with Gasteiger partial charge in [-0.3, -0.25) is 4.79 Å². The SMILES string of the molecule is CC(CO)C(=O)N1CCNC(C(F)(F)F)C1. The van der Waals surface area contributed by atoms with E-state index < -0.39 is 24.0 Å². The fourth-order valence-electron chi connectivity index (χ4n) is 1.56. The summed E-state index contributed by atoms with van der Waals surface area (Å²) in [6, 6.07) is -1.67. The molecule has 0 aliphatic carbocycles. The molecule has 0 aromatic carbocycles. The Morgan fingerprint density at radius 2 is 2.25 bits per heavy atom. The van der Waals surface area contributed by atoms with Crippen LogP contribution in [0, 0.1) is 5.92 Å². The molecule has 0 bridgehead atoms. The van der Waals surface area contributed by atoms with Gasteiger partial charge in [0.15, 0.2) is 0 Å². The molecule has 0 aromatic heterocycles. The molecule has 2 N–H and O–H groups in total. The highest BCUT2D eigenvalue weighted by Crippen LogP contribution is 2.22. The molecule has 7 heteroatoms. The highest BCUT2D eigenvalue weighted by atomic mass is 19.4. The van der Waals surface area contributed by atoms with Gasteiger partial charge in [0.05, 0.1) is 12.5 Å². The topological polar surface area (TPSA) is 52.6 Å². The average Bonchev–Trinajstić information content (AvgIpc) is 2.26. The van der Waals surface area contributed by atoms with Gasteiger partial charge < -0.3 is 15.3 Å². The molecule has 1 fully saturated rings. The van der Waals surface area contributed by atoms with Crippen LogP contribution in [0.5, 0.6) is 0 Å². The van der Waals surface area contributed by atoms with Crippen LogP contribution < -0.4 is 5.32 Å². The first-order valence-electron chi connectivity index (χ1n) is 5.06. The zero-order chi connectivity index (χ0) is 12.3. The quantitative estimate of drug-likeness (QED) is 0.713. The van der Waals surface area contributed by atoms with Gasteiger partial charge in [0.1, 0.15) is 6.04 Å². The van der Waals surface area contributed by atoms with Crippen molar-refractivity contribution in [1.29, 1.82) is 0 Å². The van der Waals surface area contributed by atoms with E-state index in [4.69, 9.17) is 5.11 Å². The van der Waals surface area contributed by atoms with Crippen molar-refractivity contribution in [1.82, 2.24) is 10.2 Å². The zero-order valence-electron chi connectivity index (χ0n) is 8.92. The Kier molecular flexibility index (Phi) is 4.15. The lowest BCUT2D eigenvalue weighted by Gasteiger charge is -2.35. The highest BCUT2D eigenvalue weighted by molar-refractivity contribution is 5.78. The van der Waals surface area contributed by atoms with Gasteiger partial charge in [-0.1, -0.05) is 6.92 Å². The maximum atomic E-state index is 12.4. The van der Waals surface area contributed by atoms with Crippen molar-refractivity contribution in [2.24, 2.45) is 5.92 Å². The second kappa shape index (κ2) is 5.01. The molecule has 0 aromatic rings. The molecule has 2 unspecified atom stereocenters. The van der Waals surface area contributed by atoms with Crippen molar-refractivity contribution in [2.45, 2.75) is 19.1 Å². The van der Waals surface area contributed by atoms with E-state index in [9.17, 15) is 18.0 Å². The van der Waals surface area contributed by atoms with Gasteiger partial charge in [0.25, 0.3) is 0 Å². The Balaban J connectivity index is 2.60. The van der Waals surface area contributed by atoms with Crippen molar-refractivity contribution < 1.29 is 23.1 Å². The average molecular weight is 240 g/mol. The van der Waals surface area contributed by atoms with Gasteiger partial charge in [0.2, 0.25) is 5.91 Å². The predicted molar refractivity (Wildman–Crippen MR) is 50.7 cm³/mol. The Morgan fingerprint density at radius 1 is 1.62 bits per heavy atom. The van der Waals surface area contributed by atoms with Crippen molar-refractivity contribution >= 4 is 5.91 Å². The number of amides is 1. The summed E-state index contributed by atoms with van der Waals surface area (Å²) in [6.45, 7) is 1.13. The Bertz CT molecular complexity index is 258. The van der Waals surface area contributed by atoms with Crippen LogP contribution in [0.3, 0.4) is 0 Å². The van der Waals surface area contributed by atoms with Gasteiger partial charge in [-0.15, -0.1) is 0 Å². The molecule has 4 nitrogen and oxygen atoms in total. The Morgan fingerprint density at radius 3 is 2.75 bits per heavy atom. The fraction of sp³-hybridized carbons (Fsp3) is 0.889. The van der Waals surface area contributed by atoms with E-state index in [1.54, 1.807) is 0 Å². The molecule has 0 radical (unpaired) electrons. The minimum atomic E-state index is -4.35. The van der Waals surface area contributed by atoms with E-state index in [-0.39, 0.29) is 26.2 Å². The number of halogens is 3. The summed E-state index contributed by atoms with van der Waals surface area (Å²) in [4.78, 5) is 12.7. The van der Waals surface area contributed by atoms with Crippen LogP contribution in [0.2, 0.25) is 0 Å². The number of piperazine rings is 1. The molecule has 94 valence electrons. The molecule has 1 heterocycles. The number of nitrogens with zero attached hydrogens (tertiary/aromatic N) is 1. The van der Waals surface area contributed by atoms with Crippen LogP contribution in [0.15, 0.2) is 0 Å². The van der Waals surface area contributed by atoms with E-state index in [0.717, 1.165) is 4.90 Å². The van der Waals surface area contributed by atoms with Crippen molar-refractivity contribution in [3.63, 3.8) is 0 Å². The molecule has 1 aliphatic heterocycles. The highest BCUT2D eigenvalue weighted by Gasteiger charge is 2.43. The van der Waals surface area contributed by atoms with Crippen LogP contribution in [-0.2, 0) is 4.79 Å². The molecule has 2 atom stereocenters. The van der Waals surface area contributed by atoms with Gasteiger partial charge in [-0.25, -0.2) is 0 Å². The number of carbonyl (C=O) groups is 1. The van der Waals surface area contributed by atoms with Crippen LogP contribution in [0.25, 0.3) is 0 Å². The first kappa shape index (κ1) is 13.2. The van der Waals surface area contributed by atoms with Crippen molar-refractivity contribution in [3.8, 4) is 0 Å². The second-order valence-corrected chi connectivity index (χ2v) is 3.92. The number of rotatable bonds is 2. The second-order valence-electron chi connectivity index (χ2n) is 3.92. The van der Waals surface area contributed by atoms with E-state index in [0.29, 0.717) is 0 Å². The fourth-order valence-corrected chi connectivity index (χ4v) is 1.56. The van der Waals surface area contributed by atoms with Crippen LogP contribution in [0.4, 0.5) is 13.2 Å².